The molecule has 2 aromatic heterocycles. The number of carbonyl (C=O) groups is 6. The largest absolute Gasteiger partial charge is 0.480 e. The summed E-state index contributed by atoms with van der Waals surface area (Å²) in [7, 11) is 1.84. The SMILES string of the molecule is CN(Cc1cnc2nc(N)nc(N)c2n1)c1ccc(C(=O)N[C@@H](CCC(=O)NCCCCCCCCNc2cccc3c2CN(C2CCC(=O)NC2=O)C3=O)C(=O)O)cc1. The molecule has 1 unspecified atom stereocenters. The van der Waals surface area contributed by atoms with Crippen molar-refractivity contribution in [3.63, 3.8) is 0 Å². The number of aliphatic carboxylic acids is 1. The number of unbranched alkanes of at least 4 members (excludes halogenated alkanes) is 5. The fourth-order valence-corrected chi connectivity index (χ4v) is 7.28. The van der Waals surface area contributed by atoms with Crippen LogP contribution in [0.3, 0.4) is 0 Å². The fourth-order valence-electron chi connectivity index (χ4n) is 7.28. The summed E-state index contributed by atoms with van der Waals surface area (Å²) in [5, 5.41) is 20.9. The maximum absolute atomic E-state index is 13.1. The zero-order chi connectivity index (χ0) is 42.8. The lowest BCUT2D eigenvalue weighted by Crippen LogP contribution is -2.52. The molecule has 60 heavy (non-hydrogen) atoms. The first-order valence-electron chi connectivity index (χ1n) is 20.0. The van der Waals surface area contributed by atoms with Crippen molar-refractivity contribution in [2.75, 3.05) is 41.8 Å². The zero-order valence-corrected chi connectivity index (χ0v) is 33.4. The van der Waals surface area contributed by atoms with E-state index in [0.29, 0.717) is 48.5 Å². The van der Waals surface area contributed by atoms with Crippen molar-refractivity contribution in [1.29, 1.82) is 0 Å². The van der Waals surface area contributed by atoms with E-state index in [1.807, 2.05) is 24.1 Å². The van der Waals surface area contributed by atoms with E-state index in [9.17, 15) is 33.9 Å². The Hall–Kier alpha value is -6.92. The number of nitrogens with one attached hydrogen (secondary N) is 4. The van der Waals surface area contributed by atoms with E-state index in [2.05, 4.69) is 41.2 Å². The first kappa shape index (κ1) is 42.7. The Balaban J connectivity index is 0.831. The van der Waals surface area contributed by atoms with Gasteiger partial charge in [0.25, 0.3) is 11.8 Å². The molecular formula is C41H50N12O7. The second kappa shape index (κ2) is 19.7. The van der Waals surface area contributed by atoms with Gasteiger partial charge in [-0.3, -0.25) is 29.3 Å². The van der Waals surface area contributed by atoms with Crippen LogP contribution in [0.2, 0.25) is 0 Å². The molecule has 0 aliphatic carbocycles. The molecule has 0 saturated carbocycles. The van der Waals surface area contributed by atoms with Gasteiger partial charge in [-0.2, -0.15) is 9.97 Å². The molecule has 2 aliphatic heterocycles. The van der Waals surface area contributed by atoms with Gasteiger partial charge in [0.05, 0.1) is 18.4 Å². The number of aromatic nitrogens is 4. The van der Waals surface area contributed by atoms with Crippen molar-refractivity contribution < 1.29 is 33.9 Å². The summed E-state index contributed by atoms with van der Waals surface area (Å²) in [5.41, 5.74) is 16.2. The van der Waals surface area contributed by atoms with Crippen LogP contribution in [0.4, 0.5) is 23.1 Å². The number of fused-ring (bicyclic) bond motifs is 2. The molecule has 316 valence electrons. The predicted molar refractivity (Wildman–Crippen MR) is 222 cm³/mol. The van der Waals surface area contributed by atoms with Crippen LogP contribution in [-0.4, -0.2) is 97.7 Å². The number of carbonyl (C=O) groups excluding carboxylic acids is 5. The summed E-state index contributed by atoms with van der Waals surface area (Å²) < 4.78 is 0. The van der Waals surface area contributed by atoms with Crippen molar-refractivity contribution in [2.24, 2.45) is 0 Å². The number of carboxylic acids is 1. The molecule has 0 spiro atoms. The van der Waals surface area contributed by atoms with Crippen LogP contribution in [0, 0.1) is 0 Å². The number of hydrogen-bond donors (Lipinski definition) is 7. The van der Waals surface area contributed by atoms with Gasteiger partial charge in [-0.1, -0.05) is 31.7 Å². The van der Waals surface area contributed by atoms with Crippen LogP contribution in [0.5, 0.6) is 0 Å². The first-order valence-corrected chi connectivity index (χ1v) is 20.0. The Labute approximate surface area is 346 Å². The highest BCUT2D eigenvalue weighted by molar-refractivity contribution is 6.06. The average Bonchev–Trinajstić information content (AvgIpc) is 3.56. The smallest absolute Gasteiger partial charge is 0.326 e. The van der Waals surface area contributed by atoms with Crippen LogP contribution in [0.25, 0.3) is 11.2 Å². The summed E-state index contributed by atoms with van der Waals surface area (Å²) >= 11 is 0. The van der Waals surface area contributed by atoms with Gasteiger partial charge in [0.2, 0.25) is 23.7 Å². The molecule has 2 aliphatic rings. The summed E-state index contributed by atoms with van der Waals surface area (Å²) in [6.07, 6.45) is 7.67. The predicted octanol–water partition coefficient (Wildman–Crippen LogP) is 2.51. The maximum Gasteiger partial charge on any atom is 0.326 e. The fraction of sp³-hybridized carbons (Fsp3) is 0.415. The van der Waals surface area contributed by atoms with Crippen molar-refractivity contribution in [2.45, 2.75) is 89.4 Å². The Morgan fingerprint density at radius 1 is 0.967 bits per heavy atom. The van der Waals surface area contributed by atoms with Crippen molar-refractivity contribution >= 4 is 69.8 Å². The highest BCUT2D eigenvalue weighted by Crippen LogP contribution is 2.32. The quantitative estimate of drug-likeness (QED) is 0.0498. The van der Waals surface area contributed by atoms with Gasteiger partial charge in [0.1, 0.15) is 12.1 Å². The number of rotatable bonds is 20. The molecular weight excluding hydrogens is 773 g/mol. The monoisotopic (exact) mass is 822 g/mol. The second-order valence-electron chi connectivity index (χ2n) is 14.9. The van der Waals surface area contributed by atoms with E-state index in [-0.39, 0.29) is 54.3 Å². The van der Waals surface area contributed by atoms with Crippen molar-refractivity contribution in [3.8, 4) is 0 Å². The van der Waals surface area contributed by atoms with Crippen LogP contribution >= 0.6 is 0 Å². The van der Waals surface area contributed by atoms with Gasteiger partial charge in [-0.05, 0) is 62.1 Å². The Morgan fingerprint density at radius 2 is 1.70 bits per heavy atom. The lowest BCUT2D eigenvalue weighted by Gasteiger charge is -2.29. The van der Waals surface area contributed by atoms with Gasteiger partial charge in [0, 0.05) is 67.6 Å². The van der Waals surface area contributed by atoms with Gasteiger partial charge < -0.3 is 42.3 Å². The van der Waals surface area contributed by atoms with Crippen molar-refractivity contribution in [1.82, 2.24) is 40.8 Å². The molecule has 0 radical (unpaired) electrons. The molecule has 4 heterocycles. The minimum absolute atomic E-state index is 0.0104. The number of nitrogens with two attached hydrogens (primary N) is 2. The highest BCUT2D eigenvalue weighted by atomic mass is 16.4. The number of nitrogen functional groups attached to an aromatic ring is 2. The van der Waals surface area contributed by atoms with Crippen molar-refractivity contribution in [3.05, 3.63) is 71.0 Å². The highest BCUT2D eigenvalue weighted by Gasteiger charge is 2.39. The molecule has 19 nitrogen and oxygen atoms in total. The lowest BCUT2D eigenvalue weighted by molar-refractivity contribution is -0.140. The van der Waals surface area contributed by atoms with E-state index >= 15 is 0 Å². The number of carboxylic acid groups (broad SMARTS) is 1. The number of benzene rings is 2. The third-order valence-electron chi connectivity index (χ3n) is 10.6. The summed E-state index contributed by atoms with van der Waals surface area (Å²) in [5.74, 6) is -2.87. The topological polar surface area (TPSA) is 281 Å². The Bertz CT molecular complexity index is 2250. The average molecular weight is 823 g/mol. The molecule has 4 aromatic rings. The number of piperidine rings is 1. The minimum atomic E-state index is -1.24. The summed E-state index contributed by atoms with van der Waals surface area (Å²) in [6.45, 7) is 1.89. The van der Waals surface area contributed by atoms with E-state index in [0.717, 1.165) is 62.0 Å². The van der Waals surface area contributed by atoms with Crippen LogP contribution in [-0.2, 0) is 32.3 Å². The molecule has 5 amide bonds. The molecule has 2 aromatic carbocycles. The first-order chi connectivity index (χ1) is 28.9. The normalized spacial score (nSPS) is 15.3. The molecule has 2 atom stereocenters. The molecule has 1 saturated heterocycles. The van der Waals surface area contributed by atoms with Crippen LogP contribution in [0.1, 0.15) is 96.2 Å². The Morgan fingerprint density at radius 3 is 2.43 bits per heavy atom. The van der Waals surface area contributed by atoms with E-state index in [1.165, 1.54) is 0 Å². The molecule has 6 rings (SSSR count). The third kappa shape index (κ3) is 10.8. The zero-order valence-electron chi connectivity index (χ0n) is 33.4. The number of nitrogens with zero attached hydrogens (tertiary/aromatic N) is 6. The summed E-state index contributed by atoms with van der Waals surface area (Å²) in [4.78, 5) is 94.5. The van der Waals surface area contributed by atoms with E-state index in [1.54, 1.807) is 41.4 Å². The second-order valence-corrected chi connectivity index (χ2v) is 14.9. The van der Waals surface area contributed by atoms with Crippen LogP contribution in [0.15, 0.2) is 48.7 Å². The van der Waals surface area contributed by atoms with E-state index in [4.69, 9.17) is 11.5 Å². The lowest BCUT2D eigenvalue weighted by atomic mass is 10.0. The third-order valence-corrected chi connectivity index (χ3v) is 10.6. The van der Waals surface area contributed by atoms with Gasteiger partial charge >= 0.3 is 5.97 Å². The number of imide groups is 1. The molecule has 19 heteroatoms. The minimum Gasteiger partial charge on any atom is -0.480 e. The number of anilines is 4. The number of hydrogen-bond acceptors (Lipinski definition) is 14. The van der Waals surface area contributed by atoms with Crippen LogP contribution < -0.4 is 37.6 Å². The summed E-state index contributed by atoms with van der Waals surface area (Å²) in [6, 6.07) is 10.3. The van der Waals surface area contributed by atoms with E-state index < -0.39 is 29.9 Å². The molecule has 0 bridgehead atoms. The molecule has 9 N–H and O–H groups in total. The van der Waals surface area contributed by atoms with Gasteiger partial charge in [-0.25, -0.2) is 14.8 Å². The number of amides is 5. The standard InChI is InChI=1S/C41H50N12O7/c1-52(22-25-21-46-36-34(47-25)35(42)50-41(43)51-36)26-13-11-24(12-14-26)37(56)48-30(40(59)60)15-17-32(54)45-20-7-5-3-2-4-6-19-44-29-10-8-9-27-28(29)23-53(39(27)58)31-16-18-33(55)49-38(31)57/h8-14,21,30-31,44H,2-7,15-20,22-23H2,1H3,(H,45,54)(H,48,56)(H,59,60)(H,49,55,57)(H4,42,43,46,50,51)/t30-,31?/m0/s1. The van der Waals surface area contributed by atoms with Gasteiger partial charge in [-0.15, -0.1) is 0 Å². The Kier molecular flexibility index (Phi) is 14.0. The van der Waals surface area contributed by atoms with Gasteiger partial charge in [0.15, 0.2) is 17.0 Å². The molecule has 1 fully saturated rings. The maximum atomic E-state index is 13.1.